The van der Waals surface area contributed by atoms with E-state index < -0.39 is 0 Å². The third-order valence-corrected chi connectivity index (χ3v) is 6.05. The minimum atomic E-state index is 0.0515. The van der Waals surface area contributed by atoms with Gasteiger partial charge in [0.05, 0.1) is 6.10 Å². The molecule has 0 atom stereocenters. The Morgan fingerprint density at radius 3 is 2.59 bits per heavy atom. The molecule has 0 unspecified atom stereocenters. The summed E-state index contributed by atoms with van der Waals surface area (Å²) in [6, 6.07) is 7.48. The molecule has 2 rings (SSSR count). The highest BCUT2D eigenvalue weighted by Crippen LogP contribution is 2.26. The van der Waals surface area contributed by atoms with Crippen LogP contribution in [0, 0.1) is 0 Å². The van der Waals surface area contributed by atoms with E-state index in [1.807, 2.05) is 30.2 Å². The van der Waals surface area contributed by atoms with Crippen molar-refractivity contribution in [2.45, 2.75) is 63.5 Å². The molecule has 0 aliphatic heterocycles. The number of ether oxygens (including phenoxy) is 1. The van der Waals surface area contributed by atoms with Crippen LogP contribution in [-0.2, 0) is 4.74 Å². The number of nitrogens with zero attached hydrogens (tertiary/aromatic N) is 2. The smallest absolute Gasteiger partial charge is 0.253 e. The lowest BCUT2D eigenvalue weighted by Crippen LogP contribution is -2.40. The van der Waals surface area contributed by atoms with Gasteiger partial charge in [-0.25, -0.2) is 0 Å². The minimum Gasteiger partial charge on any atom is -0.378 e. The van der Waals surface area contributed by atoms with Crippen LogP contribution >= 0.6 is 11.6 Å². The zero-order valence-electron chi connectivity index (χ0n) is 18.1. The lowest BCUT2D eigenvalue weighted by atomic mass is 9.91. The fourth-order valence-corrected chi connectivity index (χ4v) is 4.18. The van der Waals surface area contributed by atoms with Crippen LogP contribution in [0.4, 0.5) is 0 Å². The van der Waals surface area contributed by atoms with Gasteiger partial charge in [0, 0.05) is 36.8 Å². The van der Waals surface area contributed by atoms with Crippen LogP contribution < -0.4 is 0 Å². The molecule has 1 saturated carbocycles. The molecule has 1 aliphatic carbocycles. The first-order valence-electron chi connectivity index (χ1n) is 10.9. The van der Waals surface area contributed by atoms with Crippen molar-refractivity contribution in [3.8, 4) is 0 Å². The monoisotopic (exact) mass is 420 g/mol. The topological polar surface area (TPSA) is 32.8 Å². The number of carbonyl (C=O) groups is 1. The van der Waals surface area contributed by atoms with E-state index in [-0.39, 0.29) is 11.9 Å². The Morgan fingerprint density at radius 2 is 1.90 bits per heavy atom. The first kappa shape index (κ1) is 23.9. The number of likely N-dealkylation sites (N-methyl/N-ethyl adjacent to an activating group) is 1. The summed E-state index contributed by atoms with van der Waals surface area (Å²) in [6.07, 6.45) is 11.2. The number of rotatable bonds is 12. The largest absolute Gasteiger partial charge is 0.378 e. The maximum Gasteiger partial charge on any atom is 0.253 e. The van der Waals surface area contributed by atoms with Crippen molar-refractivity contribution in [3.05, 3.63) is 47.5 Å². The van der Waals surface area contributed by atoms with Gasteiger partial charge in [0.2, 0.25) is 0 Å². The van der Waals surface area contributed by atoms with Gasteiger partial charge in [0.1, 0.15) is 0 Å². The number of benzene rings is 1. The van der Waals surface area contributed by atoms with E-state index in [9.17, 15) is 4.79 Å². The predicted molar refractivity (Wildman–Crippen MR) is 122 cm³/mol. The highest BCUT2D eigenvalue weighted by molar-refractivity contribution is 6.30. The van der Waals surface area contributed by atoms with Gasteiger partial charge in [-0.1, -0.05) is 36.6 Å². The minimum absolute atomic E-state index is 0.0515. The lowest BCUT2D eigenvalue weighted by Gasteiger charge is -2.34. The van der Waals surface area contributed by atoms with Crippen LogP contribution in [0.25, 0.3) is 0 Å². The maximum atomic E-state index is 12.7. The Hall–Kier alpha value is -1.36. The van der Waals surface area contributed by atoms with Gasteiger partial charge >= 0.3 is 0 Å². The van der Waals surface area contributed by atoms with Crippen molar-refractivity contribution in [1.29, 1.82) is 0 Å². The van der Waals surface area contributed by atoms with E-state index in [0.29, 0.717) is 16.7 Å². The molecule has 0 heterocycles. The Bertz CT molecular complexity index is 629. The lowest BCUT2D eigenvalue weighted by molar-refractivity contribution is 0.00908. The molecule has 0 N–H and O–H groups in total. The van der Waals surface area contributed by atoms with E-state index in [0.717, 1.165) is 51.8 Å². The first-order valence-corrected chi connectivity index (χ1v) is 11.3. The summed E-state index contributed by atoms with van der Waals surface area (Å²) >= 11 is 6.02. The second-order valence-electron chi connectivity index (χ2n) is 8.19. The number of unbranched alkanes of at least 4 members (excludes halogenated alkanes) is 3. The molecule has 162 valence electrons. The number of hydrogen-bond acceptors (Lipinski definition) is 3. The van der Waals surface area contributed by atoms with E-state index in [1.165, 1.54) is 19.3 Å². The number of carbonyl (C=O) groups excluding carboxylic acids is 1. The summed E-state index contributed by atoms with van der Waals surface area (Å²) in [5.41, 5.74) is 0.661. The fraction of sp³-hybridized carbons (Fsp3) is 0.625. The van der Waals surface area contributed by atoms with Gasteiger partial charge in [0.25, 0.3) is 5.91 Å². The van der Waals surface area contributed by atoms with Crippen molar-refractivity contribution < 1.29 is 9.53 Å². The molecule has 0 radical (unpaired) electrons. The average Bonchev–Trinajstić information content (AvgIpc) is 2.72. The van der Waals surface area contributed by atoms with Gasteiger partial charge in [-0.05, 0) is 70.3 Å². The molecule has 0 spiro atoms. The van der Waals surface area contributed by atoms with Crippen molar-refractivity contribution in [2.24, 2.45) is 0 Å². The summed E-state index contributed by atoms with van der Waals surface area (Å²) in [5, 5.41) is 0.602. The van der Waals surface area contributed by atoms with Crippen LogP contribution in [-0.4, -0.2) is 61.6 Å². The molecule has 0 aromatic heterocycles. The maximum absolute atomic E-state index is 12.7. The first-order chi connectivity index (χ1) is 14.0. The standard InChI is InChI=1S/C24H37ClN2O2/c1-4-16-26(2)17-7-5-6-8-18-29-23-14-12-22(13-15-23)27(3)24(28)20-10-9-11-21(25)19-20/h4,9-11,19,22-23H,1,5-8,12-18H2,2-3H3. The summed E-state index contributed by atoms with van der Waals surface area (Å²) in [7, 11) is 4.04. The SMILES string of the molecule is C=CCN(C)CCCCCCOC1CCC(N(C)C(=O)c2cccc(Cl)c2)CC1. The van der Waals surface area contributed by atoms with Crippen molar-refractivity contribution in [1.82, 2.24) is 9.80 Å². The highest BCUT2D eigenvalue weighted by Gasteiger charge is 2.27. The summed E-state index contributed by atoms with van der Waals surface area (Å²) < 4.78 is 6.09. The number of amides is 1. The molecule has 1 aliphatic rings. The van der Waals surface area contributed by atoms with Gasteiger partial charge in [-0.2, -0.15) is 0 Å². The molecule has 0 saturated heterocycles. The number of halogens is 1. The Labute approximate surface area is 181 Å². The number of hydrogen-bond donors (Lipinski definition) is 0. The van der Waals surface area contributed by atoms with Crippen molar-refractivity contribution in [3.63, 3.8) is 0 Å². The van der Waals surface area contributed by atoms with E-state index in [4.69, 9.17) is 16.3 Å². The van der Waals surface area contributed by atoms with Crippen LogP contribution in [0.5, 0.6) is 0 Å². The van der Waals surface area contributed by atoms with Gasteiger partial charge in [-0.15, -0.1) is 6.58 Å². The quantitative estimate of drug-likeness (QED) is 0.334. The molecule has 29 heavy (non-hydrogen) atoms. The van der Waals surface area contributed by atoms with Crippen LogP contribution in [0.3, 0.4) is 0 Å². The Kier molecular flexibility index (Phi) is 10.8. The second kappa shape index (κ2) is 13.0. The molecule has 5 heteroatoms. The van der Waals surface area contributed by atoms with Crippen LogP contribution in [0.2, 0.25) is 5.02 Å². The second-order valence-corrected chi connectivity index (χ2v) is 8.63. The summed E-state index contributed by atoms with van der Waals surface area (Å²) in [4.78, 5) is 16.9. The summed E-state index contributed by atoms with van der Waals surface area (Å²) in [6.45, 7) is 6.73. The van der Waals surface area contributed by atoms with Crippen LogP contribution in [0.1, 0.15) is 61.7 Å². The fourth-order valence-electron chi connectivity index (χ4n) is 3.99. The van der Waals surface area contributed by atoms with E-state index in [2.05, 4.69) is 18.5 Å². The van der Waals surface area contributed by atoms with Crippen molar-refractivity contribution in [2.75, 3.05) is 33.8 Å². The predicted octanol–water partition coefficient (Wildman–Crippen LogP) is 5.42. The van der Waals surface area contributed by atoms with E-state index in [1.54, 1.807) is 12.1 Å². The highest BCUT2D eigenvalue weighted by atomic mass is 35.5. The molecule has 1 amide bonds. The Balaban J connectivity index is 1.58. The molecule has 1 aromatic carbocycles. The molecule has 0 bridgehead atoms. The summed E-state index contributed by atoms with van der Waals surface area (Å²) in [5.74, 6) is 0.0515. The van der Waals surface area contributed by atoms with Gasteiger partial charge < -0.3 is 14.5 Å². The third-order valence-electron chi connectivity index (χ3n) is 5.81. The van der Waals surface area contributed by atoms with Gasteiger partial charge in [0.15, 0.2) is 0 Å². The Morgan fingerprint density at radius 1 is 1.17 bits per heavy atom. The zero-order chi connectivity index (χ0) is 21.1. The van der Waals surface area contributed by atoms with E-state index >= 15 is 0 Å². The van der Waals surface area contributed by atoms with Crippen molar-refractivity contribution >= 4 is 17.5 Å². The van der Waals surface area contributed by atoms with Crippen LogP contribution in [0.15, 0.2) is 36.9 Å². The molecular formula is C24H37ClN2O2. The zero-order valence-corrected chi connectivity index (χ0v) is 18.9. The molecular weight excluding hydrogens is 384 g/mol. The molecule has 1 aromatic rings. The molecule has 4 nitrogen and oxygen atoms in total. The third kappa shape index (κ3) is 8.49. The average molecular weight is 421 g/mol. The van der Waals surface area contributed by atoms with Gasteiger partial charge in [-0.3, -0.25) is 4.79 Å². The molecule has 1 fully saturated rings. The normalized spacial score (nSPS) is 19.3.